The SMILES string of the molecule is [2H]c1c([2H])c([2H])c(-c2ccc3c(c2)N(c2c(-c4ccccc4)cc(C(C)(C)C)cc2-c2ccccc2)c2cc(-n4c5c([2H])c([2H])c([2H])c([2H])c5c5c([2H])c([2H])c([2H])c([2H])c54)cc4c2B3c2ccc(-c3c([2H])c([2H])c([2H])c([2H])c3[2H])cc2N4c2cc(-c3ccccc3)cc3oc4ccccc4c23)c([2H])c1[2H]. The zero-order valence-corrected chi connectivity index (χ0v) is 47.2. The molecule has 0 bridgehead atoms. The van der Waals surface area contributed by atoms with Crippen LogP contribution in [0.25, 0.3) is 105 Å². The number of aromatic nitrogens is 1. The van der Waals surface area contributed by atoms with Gasteiger partial charge >= 0.3 is 0 Å². The highest BCUT2D eigenvalue weighted by atomic mass is 16.3. The third kappa shape index (κ3) is 8.14. The van der Waals surface area contributed by atoms with Crippen LogP contribution in [-0.4, -0.2) is 11.3 Å². The highest BCUT2D eigenvalue weighted by Gasteiger charge is 2.46. The Bertz CT molecular complexity index is 6140. The number of hydrogen-bond acceptors (Lipinski definition) is 3. The van der Waals surface area contributed by atoms with Gasteiger partial charge in [-0.15, -0.1) is 0 Å². The quantitative estimate of drug-likeness (QED) is 0.142. The second-order valence-electron chi connectivity index (χ2n) is 23.1. The highest BCUT2D eigenvalue weighted by Crippen LogP contribution is 2.54. The van der Waals surface area contributed by atoms with Gasteiger partial charge in [0.1, 0.15) is 11.2 Å². The maximum Gasteiger partial charge on any atom is 0.252 e. The largest absolute Gasteiger partial charge is 0.456 e. The molecule has 87 heavy (non-hydrogen) atoms. The molecule has 2 aliphatic rings. The van der Waals surface area contributed by atoms with Crippen LogP contribution < -0.4 is 26.2 Å². The van der Waals surface area contributed by atoms with Crippen molar-refractivity contribution in [2.45, 2.75) is 26.2 Å². The highest BCUT2D eigenvalue weighted by molar-refractivity contribution is 7.00. The Morgan fingerprint density at radius 2 is 0.851 bits per heavy atom. The molecule has 0 fully saturated rings. The minimum Gasteiger partial charge on any atom is -0.456 e. The lowest BCUT2D eigenvalue weighted by Crippen LogP contribution is -2.61. The zero-order valence-electron chi connectivity index (χ0n) is 65.2. The van der Waals surface area contributed by atoms with Crippen molar-refractivity contribution in [1.82, 2.24) is 4.57 Å². The smallest absolute Gasteiger partial charge is 0.252 e. The van der Waals surface area contributed by atoms with Crippen LogP contribution in [0.3, 0.4) is 0 Å². The van der Waals surface area contributed by atoms with Crippen LogP contribution in [0.15, 0.2) is 301 Å². The molecule has 0 N–H and O–H groups in total. The van der Waals surface area contributed by atoms with Crippen LogP contribution in [0.4, 0.5) is 34.1 Å². The van der Waals surface area contributed by atoms with Gasteiger partial charge < -0.3 is 18.8 Å². The van der Waals surface area contributed by atoms with Crippen molar-refractivity contribution in [3.8, 4) is 61.3 Å². The van der Waals surface area contributed by atoms with Crippen molar-refractivity contribution in [2.24, 2.45) is 0 Å². The molecular formula is C82H58BN3O. The summed E-state index contributed by atoms with van der Waals surface area (Å²) >= 11 is 0. The van der Waals surface area contributed by atoms with E-state index in [1.54, 1.807) is 18.2 Å². The van der Waals surface area contributed by atoms with Gasteiger partial charge in [-0.1, -0.05) is 251 Å². The molecule has 0 saturated carbocycles. The Labute approximate surface area is 532 Å². The number of furan rings is 1. The summed E-state index contributed by atoms with van der Waals surface area (Å²) in [6.07, 6.45) is 0. The van der Waals surface area contributed by atoms with Gasteiger partial charge in [0, 0.05) is 50.0 Å². The van der Waals surface area contributed by atoms with Crippen LogP contribution in [-0.2, 0) is 5.41 Å². The van der Waals surface area contributed by atoms with E-state index in [4.69, 9.17) is 15.4 Å². The lowest BCUT2D eigenvalue weighted by molar-refractivity contribution is 0.591. The standard InChI is InChI=1S/C82H58BN3O/c1-82(2,3)61-49-66(56-31-15-7-16-32-56)81(67(50-61)57-33-17-8-18-34-57)86-73-46-59(54-27-11-5-12-28-54)42-44-69(73)83-68-43-41-58(53-25-9-4-10-26-53)45-72(68)85(74-47-60(55-29-13-6-14-30-55)48-78-79(74)65-37-21-24-40-77(65)87-78)75-51-62(52-76(86)80(75)83)84-70-38-22-19-35-63(70)64-36-20-23-39-71(64)84/h4-52H,1-3H3/i4D,5D,9D,10D,11D,12D,19D,20D,22D,23D,25D,26D,27D,28D,35D,36D,38D,39D. The van der Waals surface area contributed by atoms with Gasteiger partial charge in [-0.05, 0) is 139 Å². The van der Waals surface area contributed by atoms with E-state index in [1.807, 2.05) is 163 Å². The number of benzene rings is 13. The van der Waals surface area contributed by atoms with Crippen LogP contribution >= 0.6 is 0 Å². The summed E-state index contributed by atoms with van der Waals surface area (Å²) in [6, 6.07) is 50.1. The van der Waals surface area contributed by atoms with Gasteiger partial charge in [0.05, 0.1) is 58.2 Å². The molecule has 0 radical (unpaired) electrons. The summed E-state index contributed by atoms with van der Waals surface area (Å²) in [7, 11) is 0. The zero-order chi connectivity index (χ0) is 73.6. The van der Waals surface area contributed by atoms with E-state index >= 15 is 0 Å². The molecule has 13 aromatic carbocycles. The maximum absolute atomic E-state index is 10.0. The van der Waals surface area contributed by atoms with E-state index in [-0.39, 0.29) is 49.7 Å². The Balaban J connectivity index is 1.14. The van der Waals surface area contributed by atoms with Crippen LogP contribution in [0, 0.1) is 0 Å². The molecule has 0 aliphatic carbocycles. The fourth-order valence-corrected chi connectivity index (χ4v) is 13.2. The van der Waals surface area contributed by atoms with Gasteiger partial charge in [-0.25, -0.2) is 0 Å². The molecule has 17 rings (SSSR count). The number of para-hydroxylation sites is 3. The fraction of sp³-hybridized carbons (Fsp3) is 0.0488. The Kier molecular flexibility index (Phi) is 8.09. The predicted octanol–water partition coefficient (Wildman–Crippen LogP) is 20.4. The van der Waals surface area contributed by atoms with Gasteiger partial charge in [0.15, 0.2) is 0 Å². The summed E-state index contributed by atoms with van der Waals surface area (Å²) in [6.45, 7) is 5.52. The molecule has 0 unspecified atom stereocenters. The second kappa shape index (κ2) is 19.9. The monoisotopic (exact) mass is 1130 g/mol. The number of nitrogens with zero attached hydrogens (tertiary/aromatic N) is 3. The van der Waals surface area contributed by atoms with Crippen molar-refractivity contribution >= 4 is 101 Å². The lowest BCUT2D eigenvalue weighted by atomic mass is 9.33. The maximum atomic E-state index is 10.0. The molecule has 410 valence electrons. The molecular weight excluding hydrogens is 1050 g/mol. The van der Waals surface area contributed by atoms with Crippen LogP contribution in [0.2, 0.25) is 0 Å². The van der Waals surface area contributed by atoms with E-state index in [2.05, 4.69) is 37.8 Å². The molecule has 4 heterocycles. The molecule has 0 saturated heterocycles. The fourth-order valence-electron chi connectivity index (χ4n) is 13.2. The Morgan fingerprint density at radius 3 is 1.41 bits per heavy atom. The molecule has 0 spiro atoms. The van der Waals surface area contributed by atoms with E-state index in [1.165, 1.54) is 4.57 Å². The molecule has 4 nitrogen and oxygen atoms in total. The number of hydrogen-bond donors (Lipinski definition) is 0. The van der Waals surface area contributed by atoms with Crippen molar-refractivity contribution in [1.29, 1.82) is 0 Å². The first kappa shape index (κ1) is 35.4. The number of fused-ring (bicyclic) bond motifs is 10. The van der Waals surface area contributed by atoms with Crippen molar-refractivity contribution in [2.75, 3.05) is 9.80 Å². The molecule has 15 aromatic rings. The number of rotatable bonds is 8. The summed E-state index contributed by atoms with van der Waals surface area (Å²) in [5, 5.41) is 1.01. The van der Waals surface area contributed by atoms with Crippen LogP contribution in [0.1, 0.15) is 51.0 Å². The van der Waals surface area contributed by atoms with Crippen molar-refractivity contribution < 1.29 is 29.1 Å². The Morgan fingerprint density at radius 1 is 0.368 bits per heavy atom. The van der Waals surface area contributed by atoms with E-state index in [9.17, 15) is 13.7 Å². The average molecular weight is 1130 g/mol. The number of anilines is 6. The second-order valence-corrected chi connectivity index (χ2v) is 23.1. The molecule has 0 amide bonds. The first-order valence-corrected chi connectivity index (χ1v) is 28.8. The van der Waals surface area contributed by atoms with Crippen molar-refractivity contribution in [3.05, 3.63) is 302 Å². The summed E-state index contributed by atoms with van der Waals surface area (Å²) < 4.78 is 177. The van der Waals surface area contributed by atoms with Gasteiger partial charge in [0.25, 0.3) is 6.71 Å². The third-order valence-corrected chi connectivity index (χ3v) is 17.1. The van der Waals surface area contributed by atoms with Gasteiger partial charge in [0.2, 0.25) is 0 Å². The van der Waals surface area contributed by atoms with E-state index < -0.39 is 121 Å². The molecule has 0 atom stereocenters. The molecule has 2 aromatic heterocycles. The Hall–Kier alpha value is -10.9. The topological polar surface area (TPSA) is 24.6 Å². The normalized spacial score (nSPS) is 15.6. The third-order valence-electron chi connectivity index (χ3n) is 17.1. The van der Waals surface area contributed by atoms with Gasteiger partial charge in [-0.3, -0.25) is 0 Å². The predicted molar refractivity (Wildman–Crippen MR) is 368 cm³/mol. The van der Waals surface area contributed by atoms with E-state index in [0.29, 0.717) is 78.0 Å². The first-order chi connectivity index (χ1) is 50.3. The summed E-state index contributed by atoms with van der Waals surface area (Å²) in [5.41, 5.74) is 10.9. The molecule has 2 aliphatic heterocycles. The summed E-state index contributed by atoms with van der Waals surface area (Å²) in [5.74, 6) is 0. The van der Waals surface area contributed by atoms with E-state index in [0.717, 1.165) is 33.4 Å². The minimum atomic E-state index is -0.888. The lowest BCUT2D eigenvalue weighted by Gasteiger charge is -2.45. The molecule has 5 heteroatoms. The van der Waals surface area contributed by atoms with Crippen molar-refractivity contribution in [3.63, 3.8) is 0 Å². The first-order valence-electron chi connectivity index (χ1n) is 37.8. The minimum absolute atomic E-state index is 0.0830. The van der Waals surface area contributed by atoms with Crippen LogP contribution in [0.5, 0.6) is 0 Å². The average Bonchev–Trinajstić information content (AvgIpc) is 1.65. The van der Waals surface area contributed by atoms with Gasteiger partial charge in [-0.2, -0.15) is 0 Å². The summed E-state index contributed by atoms with van der Waals surface area (Å²) in [4.78, 5) is 4.15.